The average Bonchev–Trinajstić information content (AvgIpc) is 2.58. The van der Waals surface area contributed by atoms with Crippen molar-refractivity contribution in [1.82, 2.24) is 0 Å². The molecule has 0 aromatic heterocycles. The number of Topliss-reactive ketones (excluding diaryl/α,β-unsaturated/α-hetero) is 1. The molecule has 1 unspecified atom stereocenters. The predicted molar refractivity (Wildman–Crippen MR) is 103 cm³/mol. The Kier molecular flexibility index (Phi) is 6.17. The molecule has 0 aliphatic rings. The van der Waals surface area contributed by atoms with Gasteiger partial charge in [0.1, 0.15) is 4.75 Å². The fraction of sp³-hybridized carbons (Fsp3) is 0.381. The molecule has 25 heavy (non-hydrogen) atoms. The van der Waals surface area contributed by atoms with Crippen LogP contribution in [0.4, 0.5) is 0 Å². The zero-order valence-corrected chi connectivity index (χ0v) is 16.0. The van der Waals surface area contributed by atoms with E-state index in [-0.39, 0.29) is 5.78 Å². The van der Waals surface area contributed by atoms with E-state index in [0.717, 1.165) is 19.1 Å². The van der Waals surface area contributed by atoms with Gasteiger partial charge >= 0.3 is 0 Å². The summed E-state index contributed by atoms with van der Waals surface area (Å²) in [4.78, 5) is 11.8. The van der Waals surface area contributed by atoms with Crippen molar-refractivity contribution in [3.63, 3.8) is 0 Å². The first-order chi connectivity index (χ1) is 11.7. The topological polar surface area (TPSA) is 51.2 Å². The summed E-state index contributed by atoms with van der Waals surface area (Å²) in [5.74, 6) is -0.276. The molecule has 2 aromatic carbocycles. The Bertz CT molecular complexity index is 808. The van der Waals surface area contributed by atoms with Crippen LogP contribution in [0.2, 0.25) is 0 Å². The lowest BCUT2D eigenvalue weighted by molar-refractivity contribution is -0.119. The first-order valence-electron chi connectivity index (χ1n) is 8.59. The molecule has 0 amide bonds. The molecule has 0 heterocycles. The number of hydrogen-bond donors (Lipinski definition) is 0. The third-order valence-corrected chi connectivity index (χ3v) is 7.12. The molecule has 4 heteroatoms. The minimum absolute atomic E-state index is 0.276. The molecular formula is C21H26O3S. The quantitative estimate of drug-likeness (QED) is 0.655. The van der Waals surface area contributed by atoms with Crippen LogP contribution in [0, 0.1) is 0 Å². The maximum absolute atomic E-state index is 11.9. The Morgan fingerprint density at radius 3 is 2.00 bits per heavy atom. The standard InChI is InChI=1S/C21H26O3S/c1-17(22)21(2,25(3,23)24)16-8-7-9-18-12-14-20(15-13-18)19-10-5-4-6-11-19/h4-6,10-15H,7-9,16H2,1-3H3. The molecule has 1 atom stereocenters. The van der Waals surface area contributed by atoms with E-state index in [1.54, 1.807) is 6.92 Å². The first kappa shape index (κ1) is 19.4. The summed E-state index contributed by atoms with van der Waals surface area (Å²) in [5, 5.41) is 0. The Hall–Kier alpha value is -1.94. The summed E-state index contributed by atoms with van der Waals surface area (Å²) in [5.41, 5.74) is 3.61. The zero-order chi connectivity index (χ0) is 18.5. The molecular weight excluding hydrogens is 332 g/mol. The number of sulfone groups is 1. The monoisotopic (exact) mass is 358 g/mol. The van der Waals surface area contributed by atoms with Gasteiger partial charge in [-0.25, -0.2) is 8.42 Å². The zero-order valence-electron chi connectivity index (χ0n) is 15.2. The lowest BCUT2D eigenvalue weighted by atomic mass is 9.96. The second kappa shape index (κ2) is 7.96. The molecule has 0 radical (unpaired) electrons. The van der Waals surface area contributed by atoms with Gasteiger partial charge in [-0.05, 0) is 49.8 Å². The van der Waals surface area contributed by atoms with E-state index >= 15 is 0 Å². The molecule has 3 nitrogen and oxygen atoms in total. The molecule has 0 saturated carbocycles. The highest BCUT2D eigenvalue weighted by Gasteiger charge is 2.39. The summed E-state index contributed by atoms with van der Waals surface area (Å²) in [6.07, 6.45) is 3.99. The van der Waals surface area contributed by atoms with Crippen LogP contribution < -0.4 is 0 Å². The van der Waals surface area contributed by atoms with E-state index < -0.39 is 14.6 Å². The largest absolute Gasteiger partial charge is 0.298 e. The van der Waals surface area contributed by atoms with E-state index in [4.69, 9.17) is 0 Å². The molecule has 2 aromatic rings. The van der Waals surface area contributed by atoms with Crippen LogP contribution in [0.1, 0.15) is 38.7 Å². The predicted octanol–water partition coefficient (Wildman–Crippen LogP) is 4.46. The van der Waals surface area contributed by atoms with Crippen molar-refractivity contribution in [2.24, 2.45) is 0 Å². The average molecular weight is 359 g/mol. The highest BCUT2D eigenvalue weighted by Crippen LogP contribution is 2.25. The van der Waals surface area contributed by atoms with Crippen molar-refractivity contribution in [2.75, 3.05) is 6.26 Å². The van der Waals surface area contributed by atoms with Crippen LogP contribution >= 0.6 is 0 Å². The van der Waals surface area contributed by atoms with Crippen molar-refractivity contribution in [3.8, 4) is 11.1 Å². The van der Waals surface area contributed by atoms with Crippen LogP contribution in [0.5, 0.6) is 0 Å². The molecule has 0 spiro atoms. The molecule has 0 bridgehead atoms. The third kappa shape index (κ3) is 4.79. The van der Waals surface area contributed by atoms with Crippen molar-refractivity contribution in [3.05, 3.63) is 60.2 Å². The van der Waals surface area contributed by atoms with Gasteiger partial charge in [0, 0.05) is 6.26 Å². The number of aryl methyl sites for hydroxylation is 1. The summed E-state index contributed by atoms with van der Waals surface area (Å²) in [7, 11) is -3.39. The van der Waals surface area contributed by atoms with Gasteiger partial charge in [-0.3, -0.25) is 4.79 Å². The summed E-state index contributed by atoms with van der Waals surface area (Å²) < 4.78 is 22.6. The molecule has 0 fully saturated rings. The van der Waals surface area contributed by atoms with Crippen LogP contribution in [0.15, 0.2) is 54.6 Å². The highest BCUT2D eigenvalue weighted by molar-refractivity contribution is 7.92. The van der Waals surface area contributed by atoms with Gasteiger partial charge in [0.05, 0.1) is 0 Å². The SMILES string of the molecule is CC(=O)C(C)(CCCCc1ccc(-c2ccccc2)cc1)S(C)(=O)=O. The van der Waals surface area contributed by atoms with E-state index in [1.807, 2.05) is 18.2 Å². The maximum atomic E-state index is 11.9. The summed E-state index contributed by atoms with van der Waals surface area (Å²) >= 11 is 0. The highest BCUT2D eigenvalue weighted by atomic mass is 32.2. The Balaban J connectivity index is 1.91. The third-order valence-electron chi connectivity index (χ3n) is 4.99. The van der Waals surface area contributed by atoms with Gasteiger partial charge in [-0.2, -0.15) is 0 Å². The second-order valence-electron chi connectivity index (χ2n) is 6.83. The van der Waals surface area contributed by atoms with Gasteiger partial charge in [-0.15, -0.1) is 0 Å². The lowest BCUT2D eigenvalue weighted by Crippen LogP contribution is -2.41. The van der Waals surface area contributed by atoms with Gasteiger partial charge in [0.25, 0.3) is 0 Å². The van der Waals surface area contributed by atoms with Crippen LogP contribution in [-0.4, -0.2) is 25.2 Å². The van der Waals surface area contributed by atoms with E-state index in [9.17, 15) is 13.2 Å². The van der Waals surface area contributed by atoms with Crippen molar-refractivity contribution < 1.29 is 13.2 Å². The van der Waals surface area contributed by atoms with E-state index in [0.29, 0.717) is 12.8 Å². The van der Waals surface area contributed by atoms with E-state index in [1.165, 1.54) is 23.6 Å². The van der Waals surface area contributed by atoms with Crippen LogP contribution in [-0.2, 0) is 21.1 Å². The van der Waals surface area contributed by atoms with E-state index in [2.05, 4.69) is 36.4 Å². The van der Waals surface area contributed by atoms with Gasteiger partial charge in [0.15, 0.2) is 15.6 Å². The van der Waals surface area contributed by atoms with Crippen LogP contribution in [0.25, 0.3) is 11.1 Å². The Labute approximate surface area is 151 Å². The summed E-state index contributed by atoms with van der Waals surface area (Å²) in [6.45, 7) is 2.91. The molecule has 0 aliphatic carbocycles. The number of benzene rings is 2. The van der Waals surface area contributed by atoms with Crippen molar-refractivity contribution in [1.29, 1.82) is 0 Å². The number of rotatable bonds is 8. The Morgan fingerprint density at radius 2 is 1.48 bits per heavy atom. The number of unbranched alkanes of at least 4 members (excludes halogenated alkanes) is 1. The molecule has 134 valence electrons. The summed E-state index contributed by atoms with van der Waals surface area (Å²) in [6, 6.07) is 18.7. The number of hydrogen-bond acceptors (Lipinski definition) is 3. The smallest absolute Gasteiger partial charge is 0.159 e. The number of carbonyl (C=O) groups excluding carboxylic acids is 1. The first-order valence-corrected chi connectivity index (χ1v) is 10.5. The van der Waals surface area contributed by atoms with Crippen LogP contribution in [0.3, 0.4) is 0 Å². The molecule has 0 N–H and O–H groups in total. The number of carbonyl (C=O) groups is 1. The van der Waals surface area contributed by atoms with Crippen molar-refractivity contribution in [2.45, 2.75) is 44.3 Å². The molecule has 0 saturated heterocycles. The maximum Gasteiger partial charge on any atom is 0.159 e. The van der Waals surface area contributed by atoms with Gasteiger partial charge < -0.3 is 0 Å². The normalized spacial score (nSPS) is 14.0. The van der Waals surface area contributed by atoms with Crippen molar-refractivity contribution >= 4 is 15.6 Å². The Morgan fingerprint density at radius 1 is 0.920 bits per heavy atom. The fourth-order valence-corrected chi connectivity index (χ4v) is 3.95. The minimum Gasteiger partial charge on any atom is -0.298 e. The van der Waals surface area contributed by atoms with Gasteiger partial charge in [0.2, 0.25) is 0 Å². The second-order valence-corrected chi connectivity index (χ2v) is 9.27. The molecule has 0 aliphatic heterocycles. The lowest BCUT2D eigenvalue weighted by Gasteiger charge is -2.24. The fourth-order valence-electron chi connectivity index (χ4n) is 2.91. The van der Waals surface area contributed by atoms with Gasteiger partial charge in [-0.1, -0.05) is 61.0 Å². The minimum atomic E-state index is -3.39. The number of ketones is 1. The molecule has 2 rings (SSSR count).